The van der Waals surface area contributed by atoms with Crippen molar-refractivity contribution in [3.05, 3.63) is 0 Å². The van der Waals surface area contributed by atoms with Crippen molar-refractivity contribution in [2.75, 3.05) is 19.8 Å². The maximum absolute atomic E-state index is 10.6. The third-order valence-corrected chi connectivity index (χ3v) is 6.44. The highest BCUT2D eigenvalue weighted by Gasteiger charge is 2.53. The van der Waals surface area contributed by atoms with Crippen LogP contribution in [0.4, 0.5) is 0 Å². The van der Waals surface area contributed by atoms with Gasteiger partial charge in [0.25, 0.3) is 0 Å². The van der Waals surface area contributed by atoms with Gasteiger partial charge in [0.05, 0.1) is 19.8 Å². The van der Waals surface area contributed by atoms with Crippen LogP contribution in [0.25, 0.3) is 0 Å². The molecule has 0 amide bonds. The van der Waals surface area contributed by atoms with Gasteiger partial charge in [-0.05, 0) is 0 Å². The van der Waals surface area contributed by atoms with E-state index in [1.165, 1.54) is 0 Å². The molecule has 16 atom stereocenters. The molecule has 3 rings (SSSR count). The van der Waals surface area contributed by atoms with Crippen molar-refractivity contribution >= 4 is 0 Å². The summed E-state index contributed by atoms with van der Waals surface area (Å²) in [5.41, 5.74) is 0. The maximum atomic E-state index is 10.6. The van der Waals surface area contributed by atoms with Gasteiger partial charge >= 0.3 is 0 Å². The summed E-state index contributed by atoms with van der Waals surface area (Å²) in [7, 11) is 0. The summed E-state index contributed by atoms with van der Waals surface area (Å²) >= 11 is 0. The first kappa shape index (κ1) is 29.9. The molecule has 3 heterocycles. The Labute approximate surface area is 203 Å². The first-order valence-electron chi connectivity index (χ1n) is 11.2. The molecular weight excluding hydrogens is 500 g/mol. The van der Waals surface area contributed by atoms with E-state index in [0.29, 0.717) is 0 Å². The summed E-state index contributed by atoms with van der Waals surface area (Å²) in [4.78, 5) is 0. The fourth-order valence-electron chi connectivity index (χ4n) is 4.24. The van der Waals surface area contributed by atoms with E-state index in [0.717, 1.165) is 0 Å². The summed E-state index contributed by atoms with van der Waals surface area (Å²) in [6.07, 6.45) is -28.3. The Morgan fingerprint density at radius 2 is 1.06 bits per heavy atom. The molecule has 36 heavy (non-hydrogen) atoms. The van der Waals surface area contributed by atoms with Crippen LogP contribution in [0, 0.1) is 0 Å². The van der Waals surface area contributed by atoms with Gasteiger partial charge < -0.3 is 85.0 Å². The number of aliphatic hydroxyl groups is 12. The second-order valence-electron chi connectivity index (χ2n) is 8.82. The third-order valence-electron chi connectivity index (χ3n) is 6.44. The molecule has 17 nitrogen and oxygen atoms in total. The summed E-state index contributed by atoms with van der Waals surface area (Å²) in [6, 6.07) is 0. The lowest BCUT2D eigenvalue weighted by Crippen LogP contribution is -2.67. The molecule has 17 heteroatoms. The molecule has 3 aliphatic rings. The molecule has 0 radical (unpaired) electrons. The van der Waals surface area contributed by atoms with Crippen LogP contribution in [0.5, 0.6) is 0 Å². The number of rotatable bonds is 8. The Morgan fingerprint density at radius 3 is 1.56 bits per heavy atom. The van der Waals surface area contributed by atoms with Crippen molar-refractivity contribution in [3.8, 4) is 0 Å². The lowest BCUT2D eigenvalue weighted by molar-refractivity contribution is -0.374. The molecule has 3 saturated heterocycles. The Bertz CT molecular complexity index is 682. The van der Waals surface area contributed by atoms with Crippen LogP contribution >= 0.6 is 0 Å². The normalized spacial score (nSPS) is 51.2. The minimum absolute atomic E-state index is 0.777. The molecule has 0 aromatic heterocycles. The van der Waals surface area contributed by atoms with Crippen LogP contribution in [0.2, 0.25) is 0 Å². The molecule has 0 spiro atoms. The molecule has 0 saturated carbocycles. The third kappa shape index (κ3) is 5.82. The van der Waals surface area contributed by atoms with Crippen LogP contribution in [-0.4, -0.2) is 179 Å². The standard InChI is InChI=1S/C19H34O17/c20-1-4-7(23)9(25)13(29)18(32-4)34-6(3-22)15-16(11(27)12(28)17(31)35-15)36-19-14(30)10(26)8(24)5(2-21)33-19/h4-31H,1-3H2/t4-,5-,6+,7-,8-,9+,10+,11-,12+,13-,14-,15-,16+,17+,18+,19+/m1/s1. The van der Waals surface area contributed by atoms with Gasteiger partial charge in [0.2, 0.25) is 0 Å². The summed E-state index contributed by atoms with van der Waals surface area (Å²) in [5, 5.41) is 120. The van der Waals surface area contributed by atoms with E-state index < -0.39 is 118 Å². The van der Waals surface area contributed by atoms with Crippen molar-refractivity contribution in [1.29, 1.82) is 0 Å². The average Bonchev–Trinajstić information content (AvgIpc) is 2.87. The zero-order valence-electron chi connectivity index (χ0n) is 18.8. The van der Waals surface area contributed by atoms with Gasteiger partial charge in [-0.1, -0.05) is 0 Å². The van der Waals surface area contributed by atoms with E-state index in [4.69, 9.17) is 23.7 Å². The second-order valence-corrected chi connectivity index (χ2v) is 8.82. The van der Waals surface area contributed by atoms with Crippen LogP contribution in [0.1, 0.15) is 0 Å². The molecule has 0 unspecified atom stereocenters. The Hall–Kier alpha value is -0.680. The summed E-state index contributed by atoms with van der Waals surface area (Å²) in [6.45, 7) is -2.52. The van der Waals surface area contributed by atoms with Crippen molar-refractivity contribution in [1.82, 2.24) is 0 Å². The fraction of sp³-hybridized carbons (Fsp3) is 1.00. The number of ether oxygens (including phenoxy) is 5. The fourth-order valence-corrected chi connectivity index (χ4v) is 4.24. The molecule has 0 aliphatic carbocycles. The van der Waals surface area contributed by atoms with Crippen molar-refractivity contribution in [2.24, 2.45) is 0 Å². The SMILES string of the molecule is OC[C@H](O[C@@H]1O[C@H](CO)[C@@H](O)[C@H](O)[C@H]1O)[C@H]1O[C@H](O)[C@@H](O)[C@@H](O)[C@@H]1O[C@@H]1O[C@H](CO)[C@@H](O)[C@H](O)[C@H]1O. The highest BCUT2D eigenvalue weighted by Crippen LogP contribution is 2.32. The summed E-state index contributed by atoms with van der Waals surface area (Å²) < 4.78 is 26.6. The molecule has 0 aromatic rings. The van der Waals surface area contributed by atoms with E-state index in [1.54, 1.807) is 0 Å². The van der Waals surface area contributed by atoms with Crippen molar-refractivity contribution in [3.63, 3.8) is 0 Å². The molecule has 212 valence electrons. The quantitative estimate of drug-likeness (QED) is 0.138. The lowest BCUT2D eigenvalue weighted by atomic mass is 9.94. The lowest BCUT2D eigenvalue weighted by Gasteiger charge is -2.47. The minimum atomic E-state index is -2.04. The topological polar surface area (TPSA) is 289 Å². The van der Waals surface area contributed by atoms with Crippen LogP contribution in [0.3, 0.4) is 0 Å². The summed E-state index contributed by atoms with van der Waals surface area (Å²) in [5.74, 6) is 0. The van der Waals surface area contributed by atoms with Gasteiger partial charge in [0.1, 0.15) is 79.4 Å². The highest BCUT2D eigenvalue weighted by atomic mass is 16.7. The molecular formula is C19H34O17. The first-order chi connectivity index (χ1) is 17.0. The van der Waals surface area contributed by atoms with E-state index in [2.05, 4.69) is 0 Å². The van der Waals surface area contributed by atoms with E-state index in [9.17, 15) is 61.3 Å². The molecule has 0 bridgehead atoms. The number of hydrogen-bond donors (Lipinski definition) is 12. The number of aliphatic hydroxyl groups excluding tert-OH is 12. The van der Waals surface area contributed by atoms with Crippen LogP contribution in [-0.2, 0) is 23.7 Å². The molecule has 3 aliphatic heterocycles. The Kier molecular flexibility index (Phi) is 10.3. The van der Waals surface area contributed by atoms with Crippen molar-refractivity contribution < 1.29 is 85.0 Å². The molecule has 12 N–H and O–H groups in total. The van der Waals surface area contributed by atoms with Gasteiger partial charge in [0, 0.05) is 0 Å². The monoisotopic (exact) mass is 534 g/mol. The maximum Gasteiger partial charge on any atom is 0.187 e. The predicted molar refractivity (Wildman–Crippen MR) is 107 cm³/mol. The Balaban J connectivity index is 1.82. The Morgan fingerprint density at radius 1 is 0.556 bits per heavy atom. The zero-order chi connectivity index (χ0) is 26.9. The van der Waals surface area contributed by atoms with Gasteiger partial charge in [-0.3, -0.25) is 0 Å². The van der Waals surface area contributed by atoms with Crippen LogP contribution in [0.15, 0.2) is 0 Å². The van der Waals surface area contributed by atoms with Gasteiger partial charge in [-0.25, -0.2) is 0 Å². The first-order valence-corrected chi connectivity index (χ1v) is 11.2. The smallest absolute Gasteiger partial charge is 0.187 e. The van der Waals surface area contributed by atoms with Crippen molar-refractivity contribution in [2.45, 2.75) is 98.2 Å². The predicted octanol–water partition coefficient (Wildman–Crippen LogP) is -8.21. The highest BCUT2D eigenvalue weighted by molar-refractivity contribution is 4.97. The van der Waals surface area contributed by atoms with E-state index >= 15 is 0 Å². The average molecular weight is 534 g/mol. The van der Waals surface area contributed by atoms with E-state index in [1.807, 2.05) is 0 Å². The van der Waals surface area contributed by atoms with Crippen LogP contribution < -0.4 is 0 Å². The van der Waals surface area contributed by atoms with Gasteiger partial charge in [0.15, 0.2) is 18.9 Å². The van der Waals surface area contributed by atoms with E-state index in [-0.39, 0.29) is 0 Å². The minimum Gasteiger partial charge on any atom is -0.394 e. The van der Waals surface area contributed by atoms with Gasteiger partial charge in [-0.2, -0.15) is 0 Å². The second kappa shape index (κ2) is 12.5. The largest absolute Gasteiger partial charge is 0.394 e. The number of hydrogen-bond acceptors (Lipinski definition) is 17. The van der Waals surface area contributed by atoms with Gasteiger partial charge in [-0.15, -0.1) is 0 Å². The molecule has 0 aromatic carbocycles. The zero-order valence-corrected chi connectivity index (χ0v) is 18.8. The molecule has 3 fully saturated rings.